The summed E-state index contributed by atoms with van der Waals surface area (Å²) in [6, 6.07) is 6.98. The monoisotopic (exact) mass is 201 g/mol. The van der Waals surface area contributed by atoms with Gasteiger partial charge in [0.2, 0.25) is 0 Å². The fourth-order valence-electron chi connectivity index (χ4n) is 1.29. The van der Waals surface area contributed by atoms with Crippen LogP contribution in [0.25, 0.3) is 5.57 Å². The maximum Gasteiger partial charge on any atom is 0.115 e. The first-order valence-corrected chi connectivity index (χ1v) is 4.82. The van der Waals surface area contributed by atoms with Gasteiger partial charge < -0.3 is 5.11 Å². The van der Waals surface area contributed by atoms with Gasteiger partial charge in [0.15, 0.2) is 0 Å². The SMILES string of the molecule is C=N/C=C(\C(=C)CC)c1ccc(O)cc1. The van der Waals surface area contributed by atoms with Crippen LogP contribution in [-0.4, -0.2) is 11.8 Å². The van der Waals surface area contributed by atoms with Crippen LogP contribution in [0.2, 0.25) is 0 Å². The molecule has 0 aliphatic rings. The molecule has 0 saturated heterocycles. The molecule has 1 N–H and O–H groups in total. The van der Waals surface area contributed by atoms with Crippen molar-refractivity contribution in [2.75, 3.05) is 0 Å². The highest BCUT2D eigenvalue weighted by molar-refractivity contribution is 5.78. The minimum Gasteiger partial charge on any atom is -0.508 e. The van der Waals surface area contributed by atoms with Gasteiger partial charge in [-0.25, -0.2) is 0 Å². The summed E-state index contributed by atoms with van der Waals surface area (Å²) < 4.78 is 0. The average Bonchev–Trinajstić information content (AvgIpc) is 2.26. The molecule has 2 nitrogen and oxygen atoms in total. The van der Waals surface area contributed by atoms with Crippen molar-refractivity contribution in [3.05, 3.63) is 48.2 Å². The van der Waals surface area contributed by atoms with Gasteiger partial charge in [0, 0.05) is 11.8 Å². The van der Waals surface area contributed by atoms with Crippen molar-refractivity contribution in [3.8, 4) is 5.75 Å². The van der Waals surface area contributed by atoms with Crippen LogP contribution in [0.1, 0.15) is 18.9 Å². The molecule has 1 aromatic rings. The van der Waals surface area contributed by atoms with Crippen LogP contribution in [0, 0.1) is 0 Å². The zero-order valence-corrected chi connectivity index (χ0v) is 8.90. The van der Waals surface area contributed by atoms with E-state index < -0.39 is 0 Å². The topological polar surface area (TPSA) is 32.6 Å². The smallest absolute Gasteiger partial charge is 0.115 e. The van der Waals surface area contributed by atoms with E-state index in [2.05, 4.69) is 18.3 Å². The number of phenols is 1. The van der Waals surface area contributed by atoms with Gasteiger partial charge in [-0.1, -0.05) is 25.6 Å². The van der Waals surface area contributed by atoms with E-state index in [1.54, 1.807) is 18.3 Å². The van der Waals surface area contributed by atoms with Crippen molar-refractivity contribution in [2.24, 2.45) is 4.99 Å². The van der Waals surface area contributed by atoms with Crippen LogP contribution < -0.4 is 0 Å². The van der Waals surface area contributed by atoms with Crippen molar-refractivity contribution >= 4 is 12.3 Å². The number of nitrogens with zero attached hydrogens (tertiary/aromatic N) is 1. The molecule has 0 heterocycles. The Bertz CT molecular complexity index is 388. The highest BCUT2D eigenvalue weighted by atomic mass is 16.3. The highest BCUT2D eigenvalue weighted by Crippen LogP contribution is 2.25. The first-order chi connectivity index (χ1) is 7.19. The summed E-state index contributed by atoms with van der Waals surface area (Å²) in [4.78, 5) is 3.77. The predicted molar refractivity (Wildman–Crippen MR) is 65.1 cm³/mol. The third-order valence-electron chi connectivity index (χ3n) is 2.21. The van der Waals surface area contributed by atoms with Crippen molar-refractivity contribution in [1.29, 1.82) is 0 Å². The first-order valence-electron chi connectivity index (χ1n) is 4.82. The molecule has 0 saturated carbocycles. The lowest BCUT2D eigenvalue weighted by Gasteiger charge is -2.08. The lowest BCUT2D eigenvalue weighted by atomic mass is 9.98. The van der Waals surface area contributed by atoms with Crippen molar-refractivity contribution in [3.63, 3.8) is 0 Å². The summed E-state index contributed by atoms with van der Waals surface area (Å²) >= 11 is 0. The van der Waals surface area contributed by atoms with E-state index in [4.69, 9.17) is 0 Å². The molecule has 0 radical (unpaired) electrons. The summed E-state index contributed by atoms with van der Waals surface area (Å²) in [6.45, 7) is 9.46. The average molecular weight is 201 g/mol. The molecule has 0 aliphatic carbocycles. The Hall–Kier alpha value is -1.83. The van der Waals surface area contributed by atoms with Crippen molar-refractivity contribution in [2.45, 2.75) is 13.3 Å². The van der Waals surface area contributed by atoms with E-state index in [1.165, 1.54) is 0 Å². The van der Waals surface area contributed by atoms with Gasteiger partial charge in [-0.3, -0.25) is 4.99 Å². The standard InChI is InChI=1S/C13H15NO/c1-4-10(2)13(9-14-3)11-5-7-12(15)8-6-11/h5-9,15H,2-4H2,1H3/b13-9+. The van der Waals surface area contributed by atoms with Gasteiger partial charge in [-0.05, 0) is 36.4 Å². The molecule has 0 amide bonds. The van der Waals surface area contributed by atoms with E-state index >= 15 is 0 Å². The van der Waals surface area contributed by atoms with E-state index in [0.29, 0.717) is 0 Å². The maximum atomic E-state index is 9.19. The molecule has 0 bridgehead atoms. The fraction of sp³-hybridized carbons (Fsp3) is 0.154. The lowest BCUT2D eigenvalue weighted by molar-refractivity contribution is 0.475. The van der Waals surface area contributed by atoms with Crippen molar-refractivity contribution < 1.29 is 5.11 Å². The largest absolute Gasteiger partial charge is 0.508 e. The van der Waals surface area contributed by atoms with Crippen LogP contribution in [0.15, 0.2) is 47.6 Å². The van der Waals surface area contributed by atoms with E-state index in [0.717, 1.165) is 23.1 Å². The Morgan fingerprint density at radius 1 is 1.40 bits per heavy atom. The van der Waals surface area contributed by atoms with E-state index in [-0.39, 0.29) is 5.75 Å². The molecule has 0 unspecified atom stereocenters. The Morgan fingerprint density at radius 2 is 2.00 bits per heavy atom. The summed E-state index contributed by atoms with van der Waals surface area (Å²) in [5.41, 5.74) is 2.97. The normalized spacial score (nSPS) is 11.1. The number of phenolic OH excluding ortho intramolecular Hbond substituents is 1. The molecular weight excluding hydrogens is 186 g/mol. The predicted octanol–water partition coefficient (Wildman–Crippen LogP) is 3.40. The molecule has 2 heteroatoms. The number of hydrogen-bond acceptors (Lipinski definition) is 2. The van der Waals surface area contributed by atoms with Gasteiger partial charge in [-0.15, -0.1) is 0 Å². The van der Waals surface area contributed by atoms with Crippen molar-refractivity contribution in [1.82, 2.24) is 0 Å². The first kappa shape index (κ1) is 11.2. The number of allylic oxidation sites excluding steroid dienone is 2. The Balaban J connectivity index is 3.10. The second-order valence-electron chi connectivity index (χ2n) is 3.23. The third-order valence-corrected chi connectivity index (χ3v) is 2.21. The second kappa shape index (κ2) is 5.15. The molecule has 0 fully saturated rings. The number of aromatic hydroxyl groups is 1. The molecular formula is C13H15NO. The number of aliphatic imine (C=N–C) groups is 1. The molecule has 0 atom stereocenters. The Kier molecular flexibility index (Phi) is 3.86. The summed E-state index contributed by atoms with van der Waals surface area (Å²) in [7, 11) is 0. The molecule has 78 valence electrons. The zero-order chi connectivity index (χ0) is 11.3. The number of hydrogen-bond donors (Lipinski definition) is 1. The lowest BCUT2D eigenvalue weighted by Crippen LogP contribution is -1.87. The van der Waals surface area contributed by atoms with Crippen LogP contribution in [0.5, 0.6) is 5.75 Å². The minimum absolute atomic E-state index is 0.256. The van der Waals surface area contributed by atoms with E-state index in [1.807, 2.05) is 19.1 Å². The minimum atomic E-state index is 0.256. The molecule has 0 aliphatic heterocycles. The van der Waals surface area contributed by atoms with Crippen LogP contribution in [-0.2, 0) is 0 Å². The quantitative estimate of drug-likeness (QED) is 0.587. The Morgan fingerprint density at radius 3 is 2.47 bits per heavy atom. The molecule has 1 aromatic carbocycles. The van der Waals surface area contributed by atoms with Crippen LogP contribution >= 0.6 is 0 Å². The third kappa shape index (κ3) is 2.81. The zero-order valence-electron chi connectivity index (χ0n) is 8.90. The van der Waals surface area contributed by atoms with Crippen LogP contribution in [0.4, 0.5) is 0 Å². The van der Waals surface area contributed by atoms with Gasteiger partial charge in [0.05, 0.1) is 0 Å². The maximum absolute atomic E-state index is 9.19. The number of rotatable bonds is 4. The van der Waals surface area contributed by atoms with Crippen LogP contribution in [0.3, 0.4) is 0 Å². The molecule has 0 aromatic heterocycles. The highest BCUT2D eigenvalue weighted by Gasteiger charge is 2.04. The Labute approximate surface area is 90.3 Å². The van der Waals surface area contributed by atoms with Gasteiger partial charge in [-0.2, -0.15) is 0 Å². The van der Waals surface area contributed by atoms with Gasteiger partial charge in [0.25, 0.3) is 0 Å². The molecule has 1 rings (SSSR count). The van der Waals surface area contributed by atoms with Gasteiger partial charge in [0.1, 0.15) is 5.75 Å². The summed E-state index contributed by atoms with van der Waals surface area (Å²) in [6.07, 6.45) is 2.56. The molecule has 15 heavy (non-hydrogen) atoms. The number of benzene rings is 1. The fourth-order valence-corrected chi connectivity index (χ4v) is 1.29. The van der Waals surface area contributed by atoms with E-state index in [9.17, 15) is 5.11 Å². The summed E-state index contributed by atoms with van der Waals surface area (Å²) in [5.74, 6) is 0.256. The second-order valence-corrected chi connectivity index (χ2v) is 3.23. The van der Waals surface area contributed by atoms with Gasteiger partial charge >= 0.3 is 0 Å². The molecule has 0 spiro atoms. The summed E-state index contributed by atoms with van der Waals surface area (Å²) in [5, 5.41) is 9.19.